The first-order valence-corrected chi connectivity index (χ1v) is 5.90. The van der Waals surface area contributed by atoms with Crippen LogP contribution in [-0.2, 0) is 6.42 Å². The van der Waals surface area contributed by atoms with Crippen molar-refractivity contribution in [2.75, 3.05) is 5.73 Å². The number of nitrogens with one attached hydrogen (secondary N) is 2. The number of nitrogens with two attached hydrogens (primary N) is 1. The monoisotopic (exact) mass is 261 g/mol. The van der Waals surface area contributed by atoms with E-state index in [1.807, 2.05) is 6.92 Å². The van der Waals surface area contributed by atoms with Gasteiger partial charge in [0, 0.05) is 11.3 Å². The first kappa shape index (κ1) is 12.9. The second kappa shape index (κ2) is 5.42. The number of carbonyl (C=O) groups excluding carboxylic acids is 1. The van der Waals surface area contributed by atoms with Gasteiger partial charge in [-0.15, -0.1) is 10.2 Å². The molecule has 0 radical (unpaired) electrons. The number of pyridine rings is 1. The van der Waals surface area contributed by atoms with Crippen LogP contribution in [0, 0.1) is 0 Å². The molecule has 0 bridgehead atoms. The average Bonchev–Trinajstić information content (AvgIpc) is 2.91. The fourth-order valence-corrected chi connectivity index (χ4v) is 1.62. The Morgan fingerprint density at radius 2 is 2.32 bits per heavy atom. The molecule has 0 spiro atoms. The Morgan fingerprint density at radius 1 is 1.53 bits per heavy atom. The summed E-state index contributed by atoms with van der Waals surface area (Å²) in [6.07, 6.45) is 0.714. The van der Waals surface area contributed by atoms with Gasteiger partial charge in [-0.1, -0.05) is 12.1 Å². The summed E-state index contributed by atoms with van der Waals surface area (Å²) in [5, 5.41) is 16.2. The molecule has 8 nitrogen and oxygen atoms in total. The maximum atomic E-state index is 12.1. The van der Waals surface area contributed by atoms with E-state index < -0.39 is 0 Å². The molecule has 0 saturated carbocycles. The van der Waals surface area contributed by atoms with Gasteiger partial charge in [0.25, 0.3) is 5.91 Å². The van der Waals surface area contributed by atoms with E-state index in [4.69, 9.17) is 5.73 Å². The summed E-state index contributed by atoms with van der Waals surface area (Å²) in [5.41, 5.74) is 6.91. The van der Waals surface area contributed by atoms with Crippen molar-refractivity contribution in [3.63, 3.8) is 0 Å². The minimum atomic E-state index is -0.342. The topological polar surface area (TPSA) is 122 Å². The van der Waals surface area contributed by atoms with Crippen molar-refractivity contribution in [2.24, 2.45) is 0 Å². The van der Waals surface area contributed by atoms with Crippen molar-refractivity contribution in [2.45, 2.75) is 26.3 Å². The van der Waals surface area contributed by atoms with Gasteiger partial charge >= 0.3 is 0 Å². The molecule has 0 aliphatic heterocycles. The Hall–Kier alpha value is -2.51. The number of aryl methyl sites for hydroxylation is 1. The predicted octanol–water partition coefficient (Wildman–Crippen LogP) is 0.230. The SMILES string of the molecule is CCc1cc(C(=O)NC(C)c2nn[nH]n2)cc(N)n1. The van der Waals surface area contributed by atoms with Crippen LogP contribution in [0.15, 0.2) is 12.1 Å². The van der Waals surface area contributed by atoms with Crippen LogP contribution in [0.2, 0.25) is 0 Å². The number of amides is 1. The van der Waals surface area contributed by atoms with E-state index in [9.17, 15) is 4.79 Å². The van der Waals surface area contributed by atoms with Crippen LogP contribution in [0.4, 0.5) is 5.82 Å². The largest absolute Gasteiger partial charge is 0.384 e. The standard InChI is InChI=1S/C11H15N7O/c1-3-8-4-7(5-9(12)14-8)11(19)13-6(2)10-15-17-18-16-10/h4-6H,3H2,1-2H3,(H2,12,14)(H,13,19)(H,15,16,17,18). The lowest BCUT2D eigenvalue weighted by atomic mass is 10.1. The predicted molar refractivity (Wildman–Crippen MR) is 68.1 cm³/mol. The minimum Gasteiger partial charge on any atom is -0.384 e. The van der Waals surface area contributed by atoms with Crippen LogP contribution in [0.5, 0.6) is 0 Å². The van der Waals surface area contributed by atoms with Crippen molar-refractivity contribution in [3.05, 3.63) is 29.2 Å². The molecule has 0 fully saturated rings. The normalized spacial score (nSPS) is 12.1. The highest BCUT2D eigenvalue weighted by Crippen LogP contribution is 2.11. The Bertz CT molecular complexity index is 566. The molecule has 0 aromatic carbocycles. The number of aromatic amines is 1. The van der Waals surface area contributed by atoms with Gasteiger partial charge in [-0.2, -0.15) is 5.21 Å². The van der Waals surface area contributed by atoms with Gasteiger partial charge in [0.05, 0.1) is 6.04 Å². The summed E-state index contributed by atoms with van der Waals surface area (Å²) in [7, 11) is 0. The number of nitrogen functional groups attached to an aromatic ring is 1. The molecule has 8 heteroatoms. The summed E-state index contributed by atoms with van der Waals surface area (Å²) >= 11 is 0. The number of tetrazole rings is 1. The number of aromatic nitrogens is 5. The highest BCUT2D eigenvalue weighted by molar-refractivity contribution is 5.95. The average molecular weight is 261 g/mol. The van der Waals surface area contributed by atoms with Crippen molar-refractivity contribution in [3.8, 4) is 0 Å². The summed E-state index contributed by atoms with van der Waals surface area (Å²) < 4.78 is 0. The van der Waals surface area contributed by atoms with Gasteiger partial charge in [0.2, 0.25) is 0 Å². The Kier molecular flexibility index (Phi) is 3.69. The first-order chi connectivity index (χ1) is 9.10. The van der Waals surface area contributed by atoms with E-state index in [2.05, 4.69) is 30.9 Å². The van der Waals surface area contributed by atoms with Crippen LogP contribution >= 0.6 is 0 Å². The number of carbonyl (C=O) groups is 1. The molecule has 2 heterocycles. The molecule has 1 amide bonds. The molecule has 19 heavy (non-hydrogen) atoms. The van der Waals surface area contributed by atoms with Gasteiger partial charge in [-0.05, 0) is 25.5 Å². The maximum Gasteiger partial charge on any atom is 0.252 e. The molecule has 2 aromatic heterocycles. The third-order valence-corrected chi connectivity index (χ3v) is 2.62. The van der Waals surface area contributed by atoms with Gasteiger partial charge in [-0.25, -0.2) is 4.98 Å². The summed E-state index contributed by atoms with van der Waals surface area (Å²) in [5.74, 6) is 0.504. The fourth-order valence-electron chi connectivity index (χ4n) is 1.62. The molecule has 2 rings (SSSR count). The molecule has 1 unspecified atom stereocenters. The number of nitrogens with zero attached hydrogens (tertiary/aromatic N) is 4. The van der Waals surface area contributed by atoms with Gasteiger partial charge < -0.3 is 11.1 Å². The highest BCUT2D eigenvalue weighted by atomic mass is 16.1. The van der Waals surface area contributed by atoms with Crippen LogP contribution in [0.3, 0.4) is 0 Å². The maximum absolute atomic E-state index is 12.1. The third-order valence-electron chi connectivity index (χ3n) is 2.62. The zero-order valence-electron chi connectivity index (χ0n) is 10.7. The molecule has 0 aliphatic carbocycles. The molecular weight excluding hydrogens is 246 g/mol. The second-order valence-corrected chi connectivity index (χ2v) is 4.09. The van der Waals surface area contributed by atoms with E-state index >= 15 is 0 Å². The zero-order valence-corrected chi connectivity index (χ0v) is 10.7. The third kappa shape index (κ3) is 3.03. The van der Waals surface area contributed by atoms with Crippen LogP contribution < -0.4 is 11.1 Å². The lowest BCUT2D eigenvalue weighted by Crippen LogP contribution is -2.27. The van der Waals surface area contributed by atoms with Crippen molar-refractivity contribution >= 4 is 11.7 Å². The number of H-pyrrole nitrogens is 1. The molecule has 0 saturated heterocycles. The van der Waals surface area contributed by atoms with E-state index in [1.54, 1.807) is 13.0 Å². The summed E-state index contributed by atoms with van der Waals surface area (Å²) in [6, 6.07) is 2.91. The van der Waals surface area contributed by atoms with Gasteiger partial charge in [0.1, 0.15) is 5.82 Å². The van der Waals surface area contributed by atoms with Crippen LogP contribution in [0.25, 0.3) is 0 Å². The highest BCUT2D eigenvalue weighted by Gasteiger charge is 2.15. The van der Waals surface area contributed by atoms with E-state index in [1.165, 1.54) is 6.07 Å². The van der Waals surface area contributed by atoms with Crippen molar-refractivity contribution in [1.82, 2.24) is 30.9 Å². The number of anilines is 1. The van der Waals surface area contributed by atoms with E-state index in [0.29, 0.717) is 23.6 Å². The number of hydrogen-bond acceptors (Lipinski definition) is 6. The van der Waals surface area contributed by atoms with Crippen LogP contribution in [-0.4, -0.2) is 31.5 Å². The smallest absolute Gasteiger partial charge is 0.252 e. The molecule has 1 atom stereocenters. The lowest BCUT2D eigenvalue weighted by Gasteiger charge is -2.11. The Balaban J connectivity index is 2.13. The quantitative estimate of drug-likeness (QED) is 0.724. The van der Waals surface area contributed by atoms with Gasteiger partial charge in [-0.3, -0.25) is 4.79 Å². The second-order valence-electron chi connectivity index (χ2n) is 4.09. The van der Waals surface area contributed by atoms with Crippen molar-refractivity contribution < 1.29 is 4.79 Å². The zero-order chi connectivity index (χ0) is 13.8. The molecule has 2 aromatic rings. The Labute approximate surface area is 109 Å². The molecule has 100 valence electrons. The first-order valence-electron chi connectivity index (χ1n) is 5.90. The van der Waals surface area contributed by atoms with Crippen molar-refractivity contribution in [1.29, 1.82) is 0 Å². The minimum absolute atomic E-state index is 0.249. The lowest BCUT2D eigenvalue weighted by molar-refractivity contribution is 0.0938. The molecular formula is C11H15N7O. The number of hydrogen-bond donors (Lipinski definition) is 3. The molecule has 0 aliphatic rings. The Morgan fingerprint density at radius 3 is 2.95 bits per heavy atom. The fraction of sp³-hybridized carbons (Fsp3) is 0.364. The van der Waals surface area contributed by atoms with E-state index in [-0.39, 0.29) is 11.9 Å². The van der Waals surface area contributed by atoms with E-state index in [0.717, 1.165) is 5.69 Å². The molecule has 4 N–H and O–H groups in total. The summed E-state index contributed by atoms with van der Waals surface area (Å²) in [6.45, 7) is 3.72. The number of rotatable bonds is 4. The van der Waals surface area contributed by atoms with Crippen LogP contribution in [0.1, 0.15) is 41.8 Å². The van der Waals surface area contributed by atoms with Gasteiger partial charge in [0.15, 0.2) is 5.82 Å². The summed E-state index contributed by atoms with van der Waals surface area (Å²) in [4.78, 5) is 16.2.